The second-order valence-corrected chi connectivity index (χ2v) is 5.46. The largest absolute Gasteiger partial charge is 0.390 e. The minimum Gasteiger partial charge on any atom is -0.390 e. The number of aromatic nitrogens is 3. The fourth-order valence-corrected chi connectivity index (χ4v) is 2.57. The number of nitro groups is 1. The van der Waals surface area contributed by atoms with Crippen LogP contribution in [0.3, 0.4) is 0 Å². The molecule has 9 heteroatoms. The van der Waals surface area contributed by atoms with E-state index in [9.17, 15) is 10.1 Å². The van der Waals surface area contributed by atoms with Crippen LogP contribution in [0.2, 0.25) is 0 Å². The summed E-state index contributed by atoms with van der Waals surface area (Å²) >= 11 is 4.23. The molecular weight excluding hydrogens is 336 g/mol. The molecule has 100 valence electrons. The summed E-state index contributed by atoms with van der Waals surface area (Å²) in [4.78, 5) is 18.6. The van der Waals surface area contributed by atoms with E-state index in [4.69, 9.17) is 5.11 Å². The molecular formula is C10H9BrN4O3S. The van der Waals surface area contributed by atoms with Crippen molar-refractivity contribution >= 4 is 33.4 Å². The fourth-order valence-electron chi connectivity index (χ4n) is 1.38. The Morgan fingerprint density at radius 2 is 2.26 bits per heavy atom. The van der Waals surface area contributed by atoms with Gasteiger partial charge in [0, 0.05) is 23.8 Å². The van der Waals surface area contributed by atoms with E-state index in [1.807, 2.05) is 0 Å². The van der Waals surface area contributed by atoms with Crippen molar-refractivity contribution in [2.45, 2.75) is 16.8 Å². The van der Waals surface area contributed by atoms with Gasteiger partial charge in [-0.25, -0.2) is 9.97 Å². The number of aliphatic hydroxyl groups excluding tert-OH is 1. The maximum atomic E-state index is 11.0. The van der Waals surface area contributed by atoms with E-state index in [1.54, 1.807) is 11.6 Å². The molecule has 0 aromatic carbocycles. The van der Waals surface area contributed by atoms with Crippen molar-refractivity contribution in [2.24, 2.45) is 7.05 Å². The molecule has 0 aliphatic carbocycles. The van der Waals surface area contributed by atoms with Crippen LogP contribution in [0.25, 0.3) is 0 Å². The van der Waals surface area contributed by atoms with Gasteiger partial charge in [0.2, 0.25) is 0 Å². The zero-order valence-electron chi connectivity index (χ0n) is 9.78. The van der Waals surface area contributed by atoms with Crippen molar-refractivity contribution in [3.05, 3.63) is 38.7 Å². The topological polar surface area (TPSA) is 94.1 Å². The molecule has 2 rings (SSSR count). The van der Waals surface area contributed by atoms with Crippen LogP contribution in [0.4, 0.5) is 5.69 Å². The molecule has 1 N–H and O–H groups in total. The van der Waals surface area contributed by atoms with E-state index in [2.05, 4.69) is 25.9 Å². The predicted molar refractivity (Wildman–Crippen MR) is 71.8 cm³/mol. The lowest BCUT2D eigenvalue weighted by Crippen LogP contribution is -1.99. The second kappa shape index (κ2) is 5.68. The quantitative estimate of drug-likeness (QED) is 0.674. The first-order valence-electron chi connectivity index (χ1n) is 5.12. The van der Waals surface area contributed by atoms with E-state index in [0.29, 0.717) is 15.3 Å². The van der Waals surface area contributed by atoms with Gasteiger partial charge in [0.1, 0.15) is 0 Å². The molecule has 0 atom stereocenters. The van der Waals surface area contributed by atoms with Gasteiger partial charge in [0.05, 0.1) is 23.4 Å². The van der Waals surface area contributed by atoms with Crippen molar-refractivity contribution in [3.8, 4) is 0 Å². The summed E-state index contributed by atoms with van der Waals surface area (Å²) in [6, 6.07) is 1.39. The number of pyridine rings is 1. The first kappa shape index (κ1) is 14.0. The Bertz CT molecular complexity index is 631. The number of halogens is 1. The summed E-state index contributed by atoms with van der Waals surface area (Å²) in [6.45, 7) is -0.139. The molecule has 0 saturated carbocycles. The van der Waals surface area contributed by atoms with E-state index in [1.165, 1.54) is 18.5 Å². The van der Waals surface area contributed by atoms with Gasteiger partial charge in [0.25, 0.3) is 0 Å². The Morgan fingerprint density at radius 3 is 2.84 bits per heavy atom. The van der Waals surface area contributed by atoms with Crippen LogP contribution in [0.15, 0.2) is 33.1 Å². The van der Waals surface area contributed by atoms with Crippen LogP contribution in [-0.4, -0.2) is 24.6 Å². The minimum atomic E-state index is -0.490. The zero-order valence-corrected chi connectivity index (χ0v) is 12.2. The SMILES string of the molecule is Cn1c(CO)cnc1Sc1ncc(Br)cc1[N+](=O)[O-]. The van der Waals surface area contributed by atoms with Crippen molar-refractivity contribution in [2.75, 3.05) is 0 Å². The van der Waals surface area contributed by atoms with Gasteiger partial charge in [-0.2, -0.15) is 0 Å². The maximum Gasteiger partial charge on any atom is 0.302 e. The van der Waals surface area contributed by atoms with Crippen LogP contribution < -0.4 is 0 Å². The van der Waals surface area contributed by atoms with E-state index in [0.717, 1.165) is 11.8 Å². The Kier molecular flexibility index (Phi) is 4.17. The van der Waals surface area contributed by atoms with Crippen LogP contribution in [0, 0.1) is 10.1 Å². The lowest BCUT2D eigenvalue weighted by Gasteiger charge is -2.04. The number of nitrogens with zero attached hydrogens (tertiary/aromatic N) is 4. The zero-order chi connectivity index (χ0) is 14.0. The van der Waals surface area contributed by atoms with Crippen LogP contribution in [0.1, 0.15) is 5.69 Å². The molecule has 0 radical (unpaired) electrons. The summed E-state index contributed by atoms with van der Waals surface area (Å²) in [5, 5.41) is 20.8. The van der Waals surface area contributed by atoms with Crippen molar-refractivity contribution < 1.29 is 10.0 Å². The molecule has 2 heterocycles. The highest BCUT2D eigenvalue weighted by molar-refractivity contribution is 9.10. The number of aliphatic hydroxyl groups is 1. The summed E-state index contributed by atoms with van der Waals surface area (Å²) in [7, 11) is 1.73. The molecule has 0 aliphatic heterocycles. The molecule has 0 saturated heterocycles. The van der Waals surface area contributed by atoms with Gasteiger partial charge < -0.3 is 9.67 Å². The minimum absolute atomic E-state index is 0.0899. The van der Waals surface area contributed by atoms with Crippen LogP contribution in [-0.2, 0) is 13.7 Å². The summed E-state index contributed by atoms with van der Waals surface area (Å²) in [6.07, 6.45) is 3.01. The summed E-state index contributed by atoms with van der Waals surface area (Å²) in [5.41, 5.74) is 0.537. The van der Waals surface area contributed by atoms with Gasteiger partial charge >= 0.3 is 5.69 Å². The molecule has 7 nitrogen and oxygen atoms in total. The monoisotopic (exact) mass is 344 g/mol. The predicted octanol–water partition coefficient (Wildman–Crippen LogP) is 2.13. The van der Waals surface area contributed by atoms with Gasteiger partial charge in [-0.1, -0.05) is 0 Å². The molecule has 2 aromatic heterocycles. The molecule has 0 amide bonds. The van der Waals surface area contributed by atoms with Crippen molar-refractivity contribution in [1.29, 1.82) is 0 Å². The van der Waals surface area contributed by atoms with Crippen molar-refractivity contribution in [1.82, 2.24) is 14.5 Å². The molecule has 2 aromatic rings. The Balaban J connectivity index is 2.37. The first-order chi connectivity index (χ1) is 9.02. The number of hydrogen-bond acceptors (Lipinski definition) is 6. The lowest BCUT2D eigenvalue weighted by atomic mass is 10.4. The van der Waals surface area contributed by atoms with Gasteiger partial charge in [-0.05, 0) is 27.7 Å². The van der Waals surface area contributed by atoms with E-state index in [-0.39, 0.29) is 17.3 Å². The lowest BCUT2D eigenvalue weighted by molar-refractivity contribution is -0.388. The van der Waals surface area contributed by atoms with E-state index < -0.39 is 4.92 Å². The van der Waals surface area contributed by atoms with Crippen LogP contribution >= 0.6 is 27.7 Å². The average molecular weight is 345 g/mol. The smallest absolute Gasteiger partial charge is 0.302 e. The standard InChI is InChI=1S/C10H9BrN4O3S/c1-14-7(5-16)4-13-10(14)19-9-8(15(17)18)2-6(11)3-12-9/h2-4,16H,5H2,1H3. The van der Waals surface area contributed by atoms with Crippen LogP contribution in [0.5, 0.6) is 0 Å². The molecule has 0 spiro atoms. The highest BCUT2D eigenvalue weighted by Crippen LogP contribution is 2.33. The Morgan fingerprint density at radius 1 is 1.53 bits per heavy atom. The third kappa shape index (κ3) is 2.94. The maximum absolute atomic E-state index is 11.0. The summed E-state index contributed by atoms with van der Waals surface area (Å²) < 4.78 is 2.21. The second-order valence-electron chi connectivity index (χ2n) is 3.59. The first-order valence-corrected chi connectivity index (χ1v) is 6.73. The molecule has 19 heavy (non-hydrogen) atoms. The van der Waals surface area contributed by atoms with Gasteiger partial charge in [-0.15, -0.1) is 0 Å². The van der Waals surface area contributed by atoms with Gasteiger partial charge in [-0.3, -0.25) is 10.1 Å². The number of rotatable bonds is 4. The third-order valence-corrected chi connectivity index (χ3v) is 3.89. The summed E-state index contributed by atoms with van der Waals surface area (Å²) in [5.74, 6) is 0. The fraction of sp³-hybridized carbons (Fsp3) is 0.200. The molecule has 0 fully saturated rings. The number of imidazole rings is 1. The Labute approximate surface area is 121 Å². The number of hydrogen-bond donors (Lipinski definition) is 1. The van der Waals surface area contributed by atoms with Crippen molar-refractivity contribution in [3.63, 3.8) is 0 Å². The highest BCUT2D eigenvalue weighted by Gasteiger charge is 2.19. The Hall–Kier alpha value is -1.45. The average Bonchev–Trinajstić information content (AvgIpc) is 2.72. The highest BCUT2D eigenvalue weighted by atomic mass is 79.9. The molecule has 0 unspecified atom stereocenters. The normalized spacial score (nSPS) is 10.7. The molecule has 0 aliphatic rings. The van der Waals surface area contributed by atoms with E-state index >= 15 is 0 Å². The third-order valence-electron chi connectivity index (χ3n) is 2.39. The van der Waals surface area contributed by atoms with Gasteiger partial charge in [0.15, 0.2) is 10.2 Å². The molecule has 0 bridgehead atoms.